The van der Waals surface area contributed by atoms with E-state index in [1.54, 1.807) is 4.90 Å². The fourth-order valence-corrected chi connectivity index (χ4v) is 0.948. The highest BCUT2D eigenvalue weighted by Gasteiger charge is 1.96. The van der Waals surface area contributed by atoms with Crippen molar-refractivity contribution in [3.8, 4) is 0 Å². The topological polar surface area (TPSA) is 20.3 Å². The number of hydrogen-bond acceptors (Lipinski definition) is 2. The largest absolute Gasteiger partial charge is 0.719 e. The van der Waals surface area contributed by atoms with Gasteiger partial charge in [0.2, 0.25) is 0 Å². The van der Waals surface area contributed by atoms with Gasteiger partial charge in [0.25, 0.3) is 0 Å². The van der Waals surface area contributed by atoms with Crippen LogP contribution in [0.25, 0.3) is 0 Å². The van der Waals surface area contributed by atoms with Crippen molar-refractivity contribution < 1.29 is 4.79 Å². The van der Waals surface area contributed by atoms with Crippen molar-refractivity contribution in [3.05, 3.63) is 0 Å². The molecule has 10 heavy (non-hydrogen) atoms. The maximum atomic E-state index is 10.6. The third-order valence-corrected chi connectivity index (χ3v) is 1.68. The highest BCUT2D eigenvalue weighted by Crippen LogP contribution is 1.94. The second-order valence-corrected chi connectivity index (χ2v) is 2.55. The van der Waals surface area contributed by atoms with E-state index in [0.717, 1.165) is 25.9 Å². The Kier molecular flexibility index (Phi) is 5.30. The molecule has 0 saturated heterocycles. The molecule has 0 saturated carbocycles. The zero-order valence-electron chi connectivity index (χ0n) is 6.59. The van der Waals surface area contributed by atoms with Crippen LogP contribution in [-0.4, -0.2) is 23.2 Å². The van der Waals surface area contributed by atoms with E-state index in [-0.39, 0.29) is 5.24 Å². The van der Waals surface area contributed by atoms with Gasteiger partial charge in [-0.2, -0.15) is 0 Å². The molecule has 0 aromatic heterocycles. The number of carbonyl (C=O) groups is 1. The normalized spacial score (nSPS) is 9.40. The molecule has 0 aliphatic carbocycles. The Balaban J connectivity index is 3.50. The molecule has 1 amide bonds. The lowest BCUT2D eigenvalue weighted by molar-refractivity contribution is 0.225. The number of nitrogens with zero attached hydrogens (tertiary/aromatic N) is 1. The molecule has 0 bridgehead atoms. The van der Waals surface area contributed by atoms with E-state index in [9.17, 15) is 4.79 Å². The highest BCUT2D eigenvalue weighted by atomic mass is 32.1. The van der Waals surface area contributed by atoms with Crippen LogP contribution >= 0.6 is 0 Å². The lowest BCUT2D eigenvalue weighted by Gasteiger charge is -2.23. The summed E-state index contributed by atoms with van der Waals surface area (Å²) in [4.78, 5) is 12.3. The van der Waals surface area contributed by atoms with Gasteiger partial charge in [-0.05, 0) is 13.3 Å². The van der Waals surface area contributed by atoms with Crippen molar-refractivity contribution in [1.29, 1.82) is 0 Å². The van der Waals surface area contributed by atoms with Gasteiger partial charge >= 0.3 is 0 Å². The molecule has 60 valence electrons. The van der Waals surface area contributed by atoms with Gasteiger partial charge in [0.1, 0.15) is 5.24 Å². The monoisotopic (exact) mass is 160 g/mol. The van der Waals surface area contributed by atoms with Crippen molar-refractivity contribution >= 4 is 17.9 Å². The first kappa shape index (κ1) is 9.69. The standard InChI is InChI=1S/C7H15NOS/c1-3-5-6-8(4-2)7(9)10/h3-6H2,1-2H3,(H,9,10)/p-1. The SMILES string of the molecule is CCCCN(CC)C(=O)[S-]. The summed E-state index contributed by atoms with van der Waals surface area (Å²) in [7, 11) is 0. The molecule has 0 aromatic carbocycles. The van der Waals surface area contributed by atoms with E-state index >= 15 is 0 Å². The third kappa shape index (κ3) is 3.67. The fraction of sp³-hybridized carbons (Fsp3) is 0.857. The van der Waals surface area contributed by atoms with Crippen LogP contribution in [0.2, 0.25) is 0 Å². The Morgan fingerprint density at radius 3 is 2.40 bits per heavy atom. The minimum Gasteiger partial charge on any atom is -0.719 e. The lowest BCUT2D eigenvalue weighted by atomic mass is 10.3. The maximum Gasteiger partial charge on any atom is 0.101 e. The molecule has 0 fully saturated rings. The molecule has 0 spiro atoms. The first-order valence-electron chi connectivity index (χ1n) is 3.68. The predicted molar refractivity (Wildman–Crippen MR) is 44.9 cm³/mol. The summed E-state index contributed by atoms with van der Waals surface area (Å²) in [6.45, 7) is 5.60. The summed E-state index contributed by atoms with van der Waals surface area (Å²) >= 11 is 4.50. The molecular weight excluding hydrogens is 146 g/mol. The molecule has 3 heteroatoms. The summed E-state index contributed by atoms with van der Waals surface area (Å²) in [6.07, 6.45) is 2.16. The Bertz CT molecular complexity index is 106. The summed E-state index contributed by atoms with van der Waals surface area (Å²) in [6, 6.07) is 0. The van der Waals surface area contributed by atoms with E-state index in [2.05, 4.69) is 19.6 Å². The number of unbranched alkanes of at least 4 members (excludes halogenated alkanes) is 1. The molecule has 0 aromatic rings. The molecule has 0 atom stereocenters. The molecule has 0 N–H and O–H groups in total. The van der Waals surface area contributed by atoms with E-state index in [1.807, 2.05) is 6.92 Å². The molecule has 2 nitrogen and oxygen atoms in total. The van der Waals surface area contributed by atoms with Crippen LogP contribution in [0.1, 0.15) is 26.7 Å². The number of hydrogen-bond donors (Lipinski definition) is 0. The molecular formula is C7H14NOS-. The second kappa shape index (κ2) is 5.47. The van der Waals surface area contributed by atoms with Crippen molar-refractivity contribution in [3.63, 3.8) is 0 Å². The summed E-state index contributed by atoms with van der Waals surface area (Å²) in [5, 5.41) is -0.226. The van der Waals surface area contributed by atoms with Crippen molar-refractivity contribution in [1.82, 2.24) is 4.90 Å². The second-order valence-electron chi connectivity index (χ2n) is 2.20. The zero-order valence-corrected chi connectivity index (χ0v) is 7.41. The molecule has 0 rings (SSSR count). The maximum absolute atomic E-state index is 10.6. The van der Waals surface area contributed by atoms with Crippen LogP contribution in [-0.2, 0) is 12.6 Å². The summed E-state index contributed by atoms with van der Waals surface area (Å²) < 4.78 is 0. The van der Waals surface area contributed by atoms with Gasteiger partial charge in [0.05, 0.1) is 0 Å². The van der Waals surface area contributed by atoms with Crippen molar-refractivity contribution in [2.45, 2.75) is 26.7 Å². The van der Waals surface area contributed by atoms with Crippen molar-refractivity contribution in [2.75, 3.05) is 13.1 Å². The van der Waals surface area contributed by atoms with Gasteiger partial charge in [0.15, 0.2) is 0 Å². The van der Waals surface area contributed by atoms with Crippen LogP contribution in [0.4, 0.5) is 4.79 Å². The molecule has 0 aliphatic heterocycles. The Labute approximate surface area is 68.0 Å². The van der Waals surface area contributed by atoms with Gasteiger partial charge in [-0.25, -0.2) is 0 Å². The van der Waals surface area contributed by atoms with E-state index in [4.69, 9.17) is 0 Å². The fourth-order valence-electron chi connectivity index (χ4n) is 0.727. The van der Waals surface area contributed by atoms with Gasteiger partial charge in [-0.15, -0.1) is 0 Å². The van der Waals surface area contributed by atoms with Crippen LogP contribution in [0.15, 0.2) is 0 Å². The Morgan fingerprint density at radius 1 is 1.50 bits per heavy atom. The number of amides is 1. The first-order chi connectivity index (χ1) is 4.72. The summed E-state index contributed by atoms with van der Waals surface area (Å²) in [5.41, 5.74) is 0. The minimum atomic E-state index is -0.226. The minimum absolute atomic E-state index is 0.226. The summed E-state index contributed by atoms with van der Waals surface area (Å²) in [5.74, 6) is 0. The van der Waals surface area contributed by atoms with E-state index < -0.39 is 0 Å². The molecule has 0 unspecified atom stereocenters. The van der Waals surface area contributed by atoms with Crippen LogP contribution in [0.5, 0.6) is 0 Å². The predicted octanol–water partition coefficient (Wildman–Crippen LogP) is 1.78. The number of rotatable bonds is 4. The Morgan fingerprint density at radius 2 is 2.10 bits per heavy atom. The average molecular weight is 160 g/mol. The first-order valence-corrected chi connectivity index (χ1v) is 4.09. The third-order valence-electron chi connectivity index (χ3n) is 1.42. The lowest BCUT2D eigenvalue weighted by Crippen LogP contribution is -2.28. The number of carbonyl (C=O) groups excluding carboxylic acids is 1. The zero-order chi connectivity index (χ0) is 7.98. The van der Waals surface area contributed by atoms with Gasteiger partial charge in [-0.3, -0.25) is 0 Å². The quantitative estimate of drug-likeness (QED) is 0.584. The van der Waals surface area contributed by atoms with Crippen molar-refractivity contribution in [2.24, 2.45) is 0 Å². The van der Waals surface area contributed by atoms with E-state index in [1.165, 1.54) is 0 Å². The van der Waals surface area contributed by atoms with Gasteiger partial charge < -0.3 is 22.3 Å². The molecule has 0 radical (unpaired) electrons. The Hall–Kier alpha value is -0.310. The molecule has 0 aliphatic rings. The van der Waals surface area contributed by atoms with Gasteiger partial charge in [0, 0.05) is 13.1 Å². The van der Waals surface area contributed by atoms with Crippen LogP contribution in [0, 0.1) is 0 Å². The van der Waals surface area contributed by atoms with E-state index in [0.29, 0.717) is 0 Å². The van der Waals surface area contributed by atoms with Crippen LogP contribution in [0.3, 0.4) is 0 Å². The highest BCUT2D eigenvalue weighted by molar-refractivity contribution is 7.76. The smallest absolute Gasteiger partial charge is 0.101 e. The average Bonchev–Trinajstić information content (AvgIpc) is 1.89. The van der Waals surface area contributed by atoms with Crippen LogP contribution < -0.4 is 0 Å². The molecule has 0 heterocycles. The van der Waals surface area contributed by atoms with Gasteiger partial charge in [-0.1, -0.05) is 13.3 Å².